The minimum Gasteiger partial charge on any atom is -0.320 e. The number of nitrogens with one attached hydrogen (secondary N) is 2. The maximum atomic E-state index is 12.2. The van der Waals surface area contributed by atoms with Crippen LogP contribution in [0.15, 0.2) is 58.3 Å². The Bertz CT molecular complexity index is 882. The highest BCUT2D eigenvalue weighted by atomic mass is 32.2. The molecular formula is C16H11N3OS. The van der Waals surface area contributed by atoms with Crippen molar-refractivity contribution < 1.29 is 4.79 Å². The number of aromatic nitrogens is 2. The van der Waals surface area contributed by atoms with Crippen LogP contribution in [0.2, 0.25) is 0 Å². The third kappa shape index (κ3) is 2.11. The number of carbonyl (C=O) groups is 1. The number of para-hydroxylation sites is 2. The molecule has 3 aromatic rings. The van der Waals surface area contributed by atoms with Gasteiger partial charge in [-0.2, -0.15) is 5.10 Å². The van der Waals surface area contributed by atoms with Crippen LogP contribution in [0.25, 0.3) is 17.0 Å². The van der Waals surface area contributed by atoms with Crippen molar-refractivity contribution in [2.75, 3.05) is 5.32 Å². The van der Waals surface area contributed by atoms with E-state index < -0.39 is 0 Å². The van der Waals surface area contributed by atoms with Crippen LogP contribution in [0.1, 0.15) is 5.69 Å². The quantitative estimate of drug-likeness (QED) is 0.673. The summed E-state index contributed by atoms with van der Waals surface area (Å²) in [4.78, 5) is 13.9. The number of hydrogen-bond donors (Lipinski definition) is 2. The highest BCUT2D eigenvalue weighted by molar-refractivity contribution is 8.04. The first-order valence-electron chi connectivity index (χ1n) is 6.54. The fourth-order valence-corrected chi connectivity index (χ4v) is 3.26. The monoisotopic (exact) mass is 293 g/mol. The van der Waals surface area contributed by atoms with Gasteiger partial charge >= 0.3 is 0 Å². The second kappa shape index (κ2) is 4.79. The molecule has 4 rings (SSSR count). The SMILES string of the molecule is O=C1Nc2ccccc2SC1=Cc1[nH]nc2ccccc12. The van der Waals surface area contributed by atoms with Crippen molar-refractivity contribution in [1.29, 1.82) is 0 Å². The van der Waals surface area contributed by atoms with Gasteiger partial charge in [0.25, 0.3) is 5.91 Å². The molecule has 0 atom stereocenters. The number of aromatic amines is 1. The summed E-state index contributed by atoms with van der Waals surface area (Å²) >= 11 is 1.47. The lowest BCUT2D eigenvalue weighted by atomic mass is 10.2. The van der Waals surface area contributed by atoms with Crippen molar-refractivity contribution in [3.8, 4) is 0 Å². The molecule has 0 saturated heterocycles. The number of H-pyrrole nitrogens is 1. The number of nitrogens with zero attached hydrogens (tertiary/aromatic N) is 1. The van der Waals surface area contributed by atoms with Crippen molar-refractivity contribution >= 4 is 40.3 Å². The van der Waals surface area contributed by atoms with Gasteiger partial charge in [0.1, 0.15) is 0 Å². The molecule has 0 spiro atoms. The van der Waals surface area contributed by atoms with E-state index in [9.17, 15) is 4.79 Å². The number of fused-ring (bicyclic) bond motifs is 2. The van der Waals surface area contributed by atoms with Crippen LogP contribution in [0, 0.1) is 0 Å². The Morgan fingerprint density at radius 1 is 1.05 bits per heavy atom. The normalized spacial score (nSPS) is 16.0. The summed E-state index contributed by atoms with van der Waals surface area (Å²) in [6, 6.07) is 15.6. The molecule has 2 aromatic carbocycles. The maximum Gasteiger partial charge on any atom is 0.262 e. The number of thioether (sulfide) groups is 1. The molecule has 0 saturated carbocycles. The Balaban J connectivity index is 1.78. The molecule has 1 aromatic heterocycles. The molecule has 0 unspecified atom stereocenters. The van der Waals surface area contributed by atoms with Crippen LogP contribution in [0.4, 0.5) is 5.69 Å². The van der Waals surface area contributed by atoms with Gasteiger partial charge in [0.2, 0.25) is 0 Å². The summed E-state index contributed by atoms with van der Waals surface area (Å²) in [5.74, 6) is -0.0858. The molecule has 102 valence electrons. The average Bonchev–Trinajstić information content (AvgIpc) is 2.91. The van der Waals surface area contributed by atoms with E-state index in [1.54, 1.807) is 0 Å². The average molecular weight is 293 g/mol. The number of carbonyl (C=O) groups excluding carboxylic acids is 1. The van der Waals surface area contributed by atoms with E-state index in [0.29, 0.717) is 4.91 Å². The first-order chi connectivity index (χ1) is 10.3. The summed E-state index contributed by atoms with van der Waals surface area (Å²) in [5.41, 5.74) is 2.60. The fraction of sp³-hybridized carbons (Fsp3) is 0. The summed E-state index contributed by atoms with van der Waals surface area (Å²) in [6.45, 7) is 0. The van der Waals surface area contributed by atoms with E-state index in [1.807, 2.05) is 54.6 Å². The van der Waals surface area contributed by atoms with Gasteiger partial charge in [-0.05, 0) is 24.3 Å². The molecule has 2 N–H and O–H groups in total. The van der Waals surface area contributed by atoms with Crippen molar-refractivity contribution in [2.45, 2.75) is 4.90 Å². The van der Waals surface area contributed by atoms with Gasteiger partial charge in [0.05, 0.1) is 21.8 Å². The molecule has 0 radical (unpaired) electrons. The number of benzene rings is 2. The summed E-state index contributed by atoms with van der Waals surface area (Å²) in [6.07, 6.45) is 1.85. The molecule has 21 heavy (non-hydrogen) atoms. The van der Waals surface area contributed by atoms with Crippen LogP contribution >= 0.6 is 11.8 Å². The lowest BCUT2D eigenvalue weighted by Crippen LogP contribution is -2.17. The highest BCUT2D eigenvalue weighted by Gasteiger charge is 2.21. The second-order valence-corrected chi connectivity index (χ2v) is 5.80. The van der Waals surface area contributed by atoms with Gasteiger partial charge in [-0.1, -0.05) is 42.1 Å². The van der Waals surface area contributed by atoms with Crippen LogP contribution in [0.3, 0.4) is 0 Å². The van der Waals surface area contributed by atoms with E-state index in [1.165, 1.54) is 11.8 Å². The van der Waals surface area contributed by atoms with Gasteiger partial charge in [0.15, 0.2) is 0 Å². The number of amides is 1. The molecule has 5 heteroatoms. The van der Waals surface area contributed by atoms with Gasteiger partial charge in [-0.25, -0.2) is 0 Å². The Kier molecular flexibility index (Phi) is 2.79. The Labute approximate surface area is 125 Å². The molecule has 4 nitrogen and oxygen atoms in total. The predicted molar refractivity (Wildman–Crippen MR) is 85.0 cm³/mol. The highest BCUT2D eigenvalue weighted by Crippen LogP contribution is 2.38. The fourth-order valence-electron chi connectivity index (χ4n) is 2.32. The van der Waals surface area contributed by atoms with Crippen LogP contribution in [-0.4, -0.2) is 16.1 Å². The molecular weight excluding hydrogens is 282 g/mol. The Morgan fingerprint density at radius 2 is 1.86 bits per heavy atom. The van der Waals surface area contributed by atoms with E-state index in [4.69, 9.17) is 0 Å². The van der Waals surface area contributed by atoms with Crippen molar-refractivity contribution in [2.24, 2.45) is 0 Å². The van der Waals surface area contributed by atoms with Gasteiger partial charge in [0, 0.05) is 10.3 Å². The van der Waals surface area contributed by atoms with Crippen LogP contribution < -0.4 is 5.32 Å². The molecule has 1 aliphatic rings. The third-order valence-electron chi connectivity index (χ3n) is 3.35. The Hall–Kier alpha value is -2.53. The van der Waals surface area contributed by atoms with Crippen molar-refractivity contribution in [3.63, 3.8) is 0 Å². The van der Waals surface area contributed by atoms with Gasteiger partial charge in [-0.15, -0.1) is 0 Å². The number of hydrogen-bond acceptors (Lipinski definition) is 3. The lowest BCUT2D eigenvalue weighted by Gasteiger charge is -2.17. The largest absolute Gasteiger partial charge is 0.320 e. The Morgan fingerprint density at radius 3 is 2.81 bits per heavy atom. The summed E-state index contributed by atoms with van der Waals surface area (Å²) in [7, 11) is 0. The number of rotatable bonds is 1. The predicted octanol–water partition coefficient (Wildman–Crippen LogP) is 3.65. The minimum atomic E-state index is -0.0858. The second-order valence-electron chi connectivity index (χ2n) is 4.72. The summed E-state index contributed by atoms with van der Waals surface area (Å²) < 4.78 is 0. The number of anilines is 1. The first-order valence-corrected chi connectivity index (χ1v) is 7.36. The first kappa shape index (κ1) is 12.2. The zero-order chi connectivity index (χ0) is 14.2. The summed E-state index contributed by atoms with van der Waals surface area (Å²) in [5, 5.41) is 11.1. The topological polar surface area (TPSA) is 57.8 Å². The van der Waals surface area contributed by atoms with Crippen LogP contribution in [0.5, 0.6) is 0 Å². The van der Waals surface area contributed by atoms with Crippen molar-refractivity contribution in [3.05, 3.63) is 59.1 Å². The molecule has 0 fully saturated rings. The van der Waals surface area contributed by atoms with Gasteiger partial charge < -0.3 is 5.32 Å². The maximum absolute atomic E-state index is 12.2. The van der Waals surface area contributed by atoms with Crippen LogP contribution in [-0.2, 0) is 4.79 Å². The minimum absolute atomic E-state index is 0.0858. The van der Waals surface area contributed by atoms with E-state index in [-0.39, 0.29) is 5.91 Å². The molecule has 2 heterocycles. The van der Waals surface area contributed by atoms with Gasteiger partial charge in [-0.3, -0.25) is 9.89 Å². The zero-order valence-corrected chi connectivity index (χ0v) is 11.8. The smallest absolute Gasteiger partial charge is 0.262 e. The lowest BCUT2D eigenvalue weighted by molar-refractivity contribution is -0.112. The van der Waals surface area contributed by atoms with Crippen molar-refractivity contribution in [1.82, 2.24) is 10.2 Å². The third-order valence-corrected chi connectivity index (χ3v) is 4.44. The molecule has 0 aliphatic carbocycles. The van der Waals surface area contributed by atoms with E-state index in [0.717, 1.165) is 27.2 Å². The van der Waals surface area contributed by atoms with E-state index >= 15 is 0 Å². The molecule has 1 amide bonds. The zero-order valence-electron chi connectivity index (χ0n) is 11.0. The molecule has 0 bridgehead atoms. The molecule has 1 aliphatic heterocycles. The van der Waals surface area contributed by atoms with E-state index in [2.05, 4.69) is 15.5 Å². The standard InChI is InChI=1S/C16H11N3OS/c20-16-15(21-14-8-4-3-7-12(14)17-16)9-13-10-5-1-2-6-11(10)18-19-13/h1-9H,(H,17,20)(H,18,19).